The highest BCUT2D eigenvalue weighted by Gasteiger charge is 2.30. The van der Waals surface area contributed by atoms with E-state index in [1.165, 1.54) is 0 Å². The number of thiazole rings is 1. The van der Waals surface area contributed by atoms with Gasteiger partial charge in [-0.1, -0.05) is 0 Å². The minimum Gasteiger partial charge on any atom is -0.355 e. The summed E-state index contributed by atoms with van der Waals surface area (Å²) in [5.41, 5.74) is 1.55. The summed E-state index contributed by atoms with van der Waals surface area (Å²) in [6.07, 6.45) is 6.71. The van der Waals surface area contributed by atoms with E-state index in [0.29, 0.717) is 18.8 Å². The van der Waals surface area contributed by atoms with Crippen molar-refractivity contribution in [1.82, 2.24) is 25.0 Å². The van der Waals surface area contributed by atoms with E-state index in [4.69, 9.17) is 4.98 Å². The number of carbonyl (C=O) groups excluding carboxylic acids is 2. The summed E-state index contributed by atoms with van der Waals surface area (Å²) >= 11 is 1.67. The lowest BCUT2D eigenvalue weighted by molar-refractivity contribution is -0.122. The molecule has 8 heteroatoms. The molecule has 2 aromatic heterocycles. The van der Waals surface area contributed by atoms with Crippen LogP contribution in [-0.2, 0) is 17.8 Å². The Morgan fingerprint density at radius 2 is 2.18 bits per heavy atom. The van der Waals surface area contributed by atoms with Crippen LogP contribution in [0.1, 0.15) is 59.7 Å². The van der Waals surface area contributed by atoms with Crippen molar-refractivity contribution in [3.63, 3.8) is 0 Å². The highest BCUT2D eigenvalue weighted by molar-refractivity contribution is 7.09. The summed E-state index contributed by atoms with van der Waals surface area (Å²) in [5, 5.41) is 10.5. The van der Waals surface area contributed by atoms with Crippen LogP contribution in [0.5, 0.6) is 0 Å². The maximum atomic E-state index is 12.8. The van der Waals surface area contributed by atoms with Gasteiger partial charge in [-0.15, -0.1) is 11.3 Å². The highest BCUT2D eigenvalue weighted by atomic mass is 32.1. The first-order valence-corrected chi connectivity index (χ1v) is 11.1. The molecule has 0 bridgehead atoms. The quantitative estimate of drug-likeness (QED) is 0.773. The van der Waals surface area contributed by atoms with E-state index in [9.17, 15) is 9.59 Å². The minimum absolute atomic E-state index is 0.0106. The third-order valence-corrected chi connectivity index (χ3v) is 6.50. The van der Waals surface area contributed by atoms with Crippen molar-refractivity contribution in [3.8, 4) is 0 Å². The van der Waals surface area contributed by atoms with Gasteiger partial charge < -0.3 is 10.2 Å². The number of amides is 2. The molecule has 2 aliphatic rings. The zero-order valence-corrected chi connectivity index (χ0v) is 17.1. The van der Waals surface area contributed by atoms with Crippen molar-refractivity contribution in [3.05, 3.63) is 34.0 Å². The SMILES string of the molecule is CCn1ccc(C(=O)N2CCC[C@H](c3nc(CCNC(=O)C4CC4)cs3)C2)n1. The number of carbonyl (C=O) groups is 2. The number of rotatable bonds is 7. The van der Waals surface area contributed by atoms with Crippen molar-refractivity contribution in [2.45, 2.75) is 51.5 Å². The fourth-order valence-corrected chi connectivity index (χ4v) is 4.59. The molecular weight excluding hydrogens is 374 g/mol. The van der Waals surface area contributed by atoms with Crippen LogP contribution in [-0.4, -0.2) is 51.1 Å². The summed E-state index contributed by atoms with van der Waals surface area (Å²) in [5.74, 6) is 0.727. The van der Waals surface area contributed by atoms with E-state index >= 15 is 0 Å². The third-order valence-electron chi connectivity index (χ3n) is 5.44. The monoisotopic (exact) mass is 401 g/mol. The van der Waals surface area contributed by atoms with E-state index in [0.717, 1.165) is 55.9 Å². The summed E-state index contributed by atoms with van der Waals surface area (Å²) in [4.78, 5) is 31.2. The standard InChI is InChI=1S/C20H27N5O2S/c1-2-25-11-8-17(23-25)20(27)24-10-3-4-15(12-24)19-22-16(13-28-19)7-9-21-18(26)14-5-6-14/h8,11,13-15H,2-7,9-10,12H2,1H3,(H,21,26)/t15-/m0/s1. The normalized spacial score (nSPS) is 19.6. The molecule has 1 N–H and O–H groups in total. The Balaban J connectivity index is 1.32. The number of aryl methyl sites for hydroxylation is 1. The summed E-state index contributed by atoms with van der Waals surface area (Å²) in [6, 6.07) is 1.80. The Morgan fingerprint density at radius 1 is 1.32 bits per heavy atom. The number of aromatic nitrogens is 3. The molecule has 1 saturated heterocycles. The van der Waals surface area contributed by atoms with Gasteiger partial charge in [-0.05, 0) is 38.7 Å². The number of piperidine rings is 1. The maximum Gasteiger partial charge on any atom is 0.274 e. The first-order chi connectivity index (χ1) is 13.6. The Bertz CT molecular complexity index is 841. The lowest BCUT2D eigenvalue weighted by Crippen LogP contribution is -2.39. The van der Waals surface area contributed by atoms with Crippen LogP contribution in [0.15, 0.2) is 17.6 Å². The Labute approximate surface area is 169 Å². The van der Waals surface area contributed by atoms with Crippen molar-refractivity contribution in [2.24, 2.45) is 5.92 Å². The molecule has 150 valence electrons. The van der Waals surface area contributed by atoms with Crippen molar-refractivity contribution < 1.29 is 9.59 Å². The van der Waals surface area contributed by atoms with E-state index in [-0.39, 0.29) is 23.7 Å². The summed E-state index contributed by atoms with van der Waals surface area (Å²) in [6.45, 7) is 4.89. The van der Waals surface area contributed by atoms with Gasteiger partial charge in [0.25, 0.3) is 5.91 Å². The predicted octanol–water partition coefficient (Wildman–Crippen LogP) is 2.45. The Kier molecular flexibility index (Phi) is 5.75. The first-order valence-electron chi connectivity index (χ1n) is 10.2. The topological polar surface area (TPSA) is 80.1 Å². The van der Waals surface area contributed by atoms with Gasteiger partial charge >= 0.3 is 0 Å². The highest BCUT2D eigenvalue weighted by Crippen LogP contribution is 2.30. The molecule has 1 atom stereocenters. The van der Waals surface area contributed by atoms with E-state index < -0.39 is 0 Å². The first kappa shape index (κ1) is 19.1. The van der Waals surface area contributed by atoms with Gasteiger partial charge in [0.05, 0.1) is 10.7 Å². The number of nitrogens with zero attached hydrogens (tertiary/aromatic N) is 4. The molecule has 0 radical (unpaired) electrons. The zero-order valence-electron chi connectivity index (χ0n) is 16.3. The fourth-order valence-electron chi connectivity index (χ4n) is 3.61. The van der Waals surface area contributed by atoms with E-state index in [2.05, 4.69) is 15.8 Å². The van der Waals surface area contributed by atoms with Crippen molar-refractivity contribution in [2.75, 3.05) is 19.6 Å². The third kappa shape index (κ3) is 4.43. The largest absolute Gasteiger partial charge is 0.355 e. The average molecular weight is 402 g/mol. The molecule has 0 unspecified atom stereocenters. The molecule has 1 saturated carbocycles. The van der Waals surface area contributed by atoms with E-state index in [1.54, 1.807) is 22.1 Å². The Hall–Kier alpha value is -2.22. The van der Waals surface area contributed by atoms with Crippen molar-refractivity contribution >= 4 is 23.2 Å². The number of hydrogen-bond acceptors (Lipinski definition) is 5. The molecule has 2 fully saturated rings. The van der Waals surface area contributed by atoms with Gasteiger partial charge in [-0.3, -0.25) is 14.3 Å². The van der Waals surface area contributed by atoms with Gasteiger partial charge in [0.15, 0.2) is 0 Å². The molecule has 4 rings (SSSR count). The second-order valence-corrected chi connectivity index (χ2v) is 8.53. The molecule has 3 heterocycles. The van der Waals surface area contributed by atoms with Crippen molar-refractivity contribution in [1.29, 1.82) is 0 Å². The average Bonchev–Trinajstić information content (AvgIpc) is 3.28. The van der Waals surface area contributed by atoms with Crippen LogP contribution in [0.25, 0.3) is 0 Å². The molecule has 2 aromatic rings. The van der Waals surface area contributed by atoms with Gasteiger partial charge in [-0.25, -0.2) is 4.98 Å². The molecule has 1 aliphatic carbocycles. The lowest BCUT2D eigenvalue weighted by atomic mass is 9.98. The van der Waals surface area contributed by atoms with Crippen LogP contribution >= 0.6 is 11.3 Å². The Morgan fingerprint density at radius 3 is 2.93 bits per heavy atom. The predicted molar refractivity (Wildman–Crippen MR) is 107 cm³/mol. The second kappa shape index (κ2) is 8.43. The van der Waals surface area contributed by atoms with Gasteiger partial charge in [0.2, 0.25) is 5.91 Å². The number of likely N-dealkylation sites (tertiary alicyclic amines) is 1. The van der Waals surface area contributed by atoms with E-state index in [1.807, 2.05) is 18.0 Å². The van der Waals surface area contributed by atoms with Crippen LogP contribution in [0.2, 0.25) is 0 Å². The zero-order chi connectivity index (χ0) is 19.5. The van der Waals surface area contributed by atoms with Crippen LogP contribution < -0.4 is 5.32 Å². The molecule has 1 aliphatic heterocycles. The smallest absolute Gasteiger partial charge is 0.274 e. The van der Waals surface area contributed by atoms with Crippen LogP contribution in [0.3, 0.4) is 0 Å². The van der Waals surface area contributed by atoms with Gasteiger partial charge in [-0.2, -0.15) is 5.10 Å². The summed E-state index contributed by atoms with van der Waals surface area (Å²) in [7, 11) is 0. The maximum absolute atomic E-state index is 12.8. The lowest BCUT2D eigenvalue weighted by Gasteiger charge is -2.31. The summed E-state index contributed by atoms with van der Waals surface area (Å²) < 4.78 is 1.78. The molecule has 0 aromatic carbocycles. The second-order valence-electron chi connectivity index (χ2n) is 7.64. The number of nitrogens with one attached hydrogen (secondary N) is 1. The number of hydrogen-bond donors (Lipinski definition) is 1. The molecule has 7 nitrogen and oxygen atoms in total. The fraction of sp³-hybridized carbons (Fsp3) is 0.600. The van der Waals surface area contributed by atoms with Gasteiger partial charge in [0, 0.05) is 56.0 Å². The van der Waals surface area contributed by atoms with Crippen LogP contribution in [0.4, 0.5) is 0 Å². The minimum atomic E-state index is 0.0106. The molecular formula is C20H27N5O2S. The van der Waals surface area contributed by atoms with Gasteiger partial charge in [0.1, 0.15) is 5.69 Å². The molecule has 2 amide bonds. The van der Waals surface area contributed by atoms with Crippen LogP contribution in [0, 0.1) is 5.92 Å². The molecule has 28 heavy (non-hydrogen) atoms. The molecule has 0 spiro atoms.